The van der Waals surface area contributed by atoms with Gasteiger partial charge in [0.25, 0.3) is 0 Å². The van der Waals surface area contributed by atoms with Crippen LogP contribution in [0.25, 0.3) is 0 Å². The fourth-order valence-corrected chi connectivity index (χ4v) is 1.81. The van der Waals surface area contributed by atoms with Crippen molar-refractivity contribution in [1.29, 1.82) is 0 Å². The van der Waals surface area contributed by atoms with Gasteiger partial charge in [0.15, 0.2) is 0 Å². The average molecular weight is 364 g/mol. The Labute approximate surface area is 126 Å². The second kappa shape index (κ2) is 6.17. The van der Waals surface area contributed by atoms with Crippen LogP contribution in [-0.4, -0.2) is 16.3 Å². The molecule has 21 heavy (non-hydrogen) atoms. The van der Waals surface area contributed by atoms with Gasteiger partial charge in [0.1, 0.15) is 23.9 Å². The number of hydrogen-bond donors (Lipinski definition) is 1. The highest BCUT2D eigenvalue weighted by molar-refractivity contribution is 9.10. The predicted molar refractivity (Wildman–Crippen MR) is 71.6 cm³/mol. The van der Waals surface area contributed by atoms with Crippen LogP contribution in [0, 0.1) is 0 Å². The first-order valence-corrected chi connectivity index (χ1v) is 6.37. The highest BCUT2D eigenvalue weighted by Crippen LogP contribution is 2.33. The predicted octanol–water partition coefficient (Wildman–Crippen LogP) is 3.30. The number of nitrogens with two attached hydrogens (primary N) is 1. The number of aromatic nitrogens is 2. The largest absolute Gasteiger partial charge is 0.573 e. The quantitative estimate of drug-likeness (QED) is 0.902. The van der Waals surface area contributed by atoms with Crippen molar-refractivity contribution in [2.24, 2.45) is 0 Å². The summed E-state index contributed by atoms with van der Waals surface area (Å²) >= 11 is 2.99. The third-order valence-electron chi connectivity index (χ3n) is 2.24. The zero-order valence-corrected chi connectivity index (χ0v) is 12.0. The first-order chi connectivity index (χ1) is 9.83. The van der Waals surface area contributed by atoms with Crippen molar-refractivity contribution in [2.75, 3.05) is 5.73 Å². The Kier molecular flexibility index (Phi) is 4.51. The Morgan fingerprint density at radius 3 is 2.52 bits per heavy atom. The number of nitrogen functional groups attached to an aromatic ring is 1. The van der Waals surface area contributed by atoms with E-state index in [0.717, 1.165) is 6.07 Å². The highest BCUT2D eigenvalue weighted by atomic mass is 79.9. The topological polar surface area (TPSA) is 70.3 Å². The van der Waals surface area contributed by atoms with E-state index < -0.39 is 6.36 Å². The highest BCUT2D eigenvalue weighted by Gasteiger charge is 2.31. The smallest absolute Gasteiger partial charge is 0.487 e. The molecule has 2 N–H and O–H groups in total. The van der Waals surface area contributed by atoms with Gasteiger partial charge < -0.3 is 15.2 Å². The molecule has 2 rings (SSSR count). The summed E-state index contributed by atoms with van der Waals surface area (Å²) in [4.78, 5) is 7.83. The SMILES string of the molecule is Nc1cnc(COc2ccc(OC(F)(F)F)c(Br)c2)cn1. The summed E-state index contributed by atoms with van der Waals surface area (Å²) in [5.41, 5.74) is 5.93. The summed E-state index contributed by atoms with van der Waals surface area (Å²) in [6.45, 7) is 0.110. The Morgan fingerprint density at radius 2 is 1.95 bits per heavy atom. The Balaban J connectivity index is 2.01. The van der Waals surface area contributed by atoms with E-state index >= 15 is 0 Å². The molecule has 1 heterocycles. The van der Waals surface area contributed by atoms with E-state index in [2.05, 4.69) is 30.6 Å². The van der Waals surface area contributed by atoms with Crippen molar-refractivity contribution in [3.05, 3.63) is 40.8 Å². The second-order valence-electron chi connectivity index (χ2n) is 3.86. The molecule has 0 unspecified atom stereocenters. The lowest BCUT2D eigenvalue weighted by Crippen LogP contribution is -2.17. The van der Waals surface area contributed by atoms with E-state index in [1.54, 1.807) is 0 Å². The third kappa shape index (κ3) is 4.78. The number of anilines is 1. The molecule has 0 spiro atoms. The summed E-state index contributed by atoms with van der Waals surface area (Å²) in [5.74, 6) is 0.298. The van der Waals surface area contributed by atoms with Crippen LogP contribution < -0.4 is 15.2 Å². The van der Waals surface area contributed by atoms with Crippen LogP contribution in [0.2, 0.25) is 0 Å². The van der Waals surface area contributed by atoms with Crippen molar-refractivity contribution in [3.63, 3.8) is 0 Å². The van der Waals surface area contributed by atoms with Gasteiger partial charge in [0, 0.05) is 0 Å². The van der Waals surface area contributed by atoms with E-state index in [4.69, 9.17) is 10.5 Å². The third-order valence-corrected chi connectivity index (χ3v) is 2.86. The number of benzene rings is 1. The lowest BCUT2D eigenvalue weighted by Gasteiger charge is -2.12. The zero-order valence-electron chi connectivity index (χ0n) is 10.4. The van der Waals surface area contributed by atoms with Crippen LogP contribution in [-0.2, 0) is 6.61 Å². The maximum atomic E-state index is 12.1. The van der Waals surface area contributed by atoms with Gasteiger partial charge in [-0.25, -0.2) is 4.98 Å². The molecule has 5 nitrogen and oxygen atoms in total. The molecule has 1 aromatic carbocycles. The van der Waals surface area contributed by atoms with E-state index in [9.17, 15) is 13.2 Å². The van der Waals surface area contributed by atoms with Crippen molar-refractivity contribution in [2.45, 2.75) is 13.0 Å². The van der Waals surface area contributed by atoms with Crippen molar-refractivity contribution in [1.82, 2.24) is 9.97 Å². The van der Waals surface area contributed by atoms with Gasteiger partial charge in [-0.05, 0) is 34.1 Å². The van der Waals surface area contributed by atoms with Crippen LogP contribution in [0.3, 0.4) is 0 Å². The Morgan fingerprint density at radius 1 is 1.19 bits per heavy atom. The van der Waals surface area contributed by atoms with Gasteiger partial charge in [-0.1, -0.05) is 0 Å². The summed E-state index contributed by atoms with van der Waals surface area (Å²) in [6.07, 6.45) is -1.91. The summed E-state index contributed by atoms with van der Waals surface area (Å²) in [7, 11) is 0. The number of rotatable bonds is 4. The molecule has 0 saturated carbocycles. The minimum absolute atomic E-state index is 0.110. The molecule has 0 bridgehead atoms. The molecule has 2 aromatic rings. The van der Waals surface area contributed by atoms with Gasteiger partial charge in [-0.3, -0.25) is 4.98 Å². The van der Waals surface area contributed by atoms with Crippen molar-refractivity contribution >= 4 is 21.7 Å². The Hall–Kier alpha value is -2.03. The summed E-state index contributed by atoms with van der Waals surface area (Å²) in [5, 5.41) is 0. The van der Waals surface area contributed by atoms with Crippen molar-refractivity contribution < 1.29 is 22.6 Å². The number of alkyl halides is 3. The average Bonchev–Trinajstić information content (AvgIpc) is 2.40. The summed E-state index contributed by atoms with van der Waals surface area (Å²) in [6, 6.07) is 3.88. The van der Waals surface area contributed by atoms with Gasteiger partial charge in [0.05, 0.1) is 22.6 Å². The van der Waals surface area contributed by atoms with E-state index in [1.807, 2.05) is 0 Å². The molecule has 0 amide bonds. The van der Waals surface area contributed by atoms with Crippen molar-refractivity contribution in [3.8, 4) is 11.5 Å². The van der Waals surface area contributed by atoms with E-state index in [-0.39, 0.29) is 22.6 Å². The standard InChI is InChI=1S/C12H9BrF3N3O2/c13-9-3-8(1-2-10(9)21-12(14,15)16)20-6-7-4-19-11(17)5-18-7/h1-5H,6H2,(H2,17,19). The van der Waals surface area contributed by atoms with E-state index in [1.165, 1.54) is 24.5 Å². The van der Waals surface area contributed by atoms with Gasteiger partial charge >= 0.3 is 6.36 Å². The van der Waals surface area contributed by atoms with Crippen LogP contribution in [0.4, 0.5) is 19.0 Å². The van der Waals surface area contributed by atoms with Crippen LogP contribution in [0.1, 0.15) is 5.69 Å². The number of ether oxygens (including phenoxy) is 2. The maximum absolute atomic E-state index is 12.1. The normalized spacial score (nSPS) is 11.2. The monoisotopic (exact) mass is 363 g/mol. The van der Waals surface area contributed by atoms with Crippen LogP contribution >= 0.6 is 15.9 Å². The van der Waals surface area contributed by atoms with Gasteiger partial charge in [-0.2, -0.15) is 0 Å². The Bertz CT molecular complexity index is 620. The first kappa shape index (κ1) is 15.4. The molecule has 0 radical (unpaired) electrons. The maximum Gasteiger partial charge on any atom is 0.573 e. The minimum atomic E-state index is -4.75. The molecule has 0 aliphatic rings. The zero-order chi connectivity index (χ0) is 15.5. The first-order valence-electron chi connectivity index (χ1n) is 5.58. The molecular weight excluding hydrogens is 355 g/mol. The number of hydrogen-bond acceptors (Lipinski definition) is 5. The van der Waals surface area contributed by atoms with E-state index in [0.29, 0.717) is 11.4 Å². The summed E-state index contributed by atoms with van der Waals surface area (Å²) < 4.78 is 45.7. The number of halogens is 4. The molecule has 9 heteroatoms. The van der Waals surface area contributed by atoms with Gasteiger partial charge in [-0.15, -0.1) is 13.2 Å². The molecule has 0 aliphatic carbocycles. The minimum Gasteiger partial charge on any atom is -0.487 e. The molecule has 0 fully saturated rings. The van der Waals surface area contributed by atoms with Gasteiger partial charge in [0.2, 0.25) is 0 Å². The number of nitrogens with zero attached hydrogens (tertiary/aromatic N) is 2. The molecule has 0 atom stereocenters. The molecule has 112 valence electrons. The fourth-order valence-electron chi connectivity index (χ4n) is 1.38. The lowest BCUT2D eigenvalue weighted by atomic mass is 10.3. The molecule has 1 aromatic heterocycles. The second-order valence-corrected chi connectivity index (χ2v) is 4.72. The molecule has 0 saturated heterocycles. The van der Waals surface area contributed by atoms with Crippen LogP contribution in [0.5, 0.6) is 11.5 Å². The molecule has 0 aliphatic heterocycles. The lowest BCUT2D eigenvalue weighted by molar-refractivity contribution is -0.274. The van der Waals surface area contributed by atoms with Crippen LogP contribution in [0.15, 0.2) is 35.1 Å². The fraction of sp³-hybridized carbons (Fsp3) is 0.167. The molecular formula is C12H9BrF3N3O2.